The molecule has 0 amide bonds. The van der Waals surface area contributed by atoms with Crippen LogP contribution >= 0.6 is 11.6 Å². The van der Waals surface area contributed by atoms with Gasteiger partial charge >= 0.3 is 5.97 Å². The van der Waals surface area contributed by atoms with Crippen LogP contribution in [0.25, 0.3) is 11.1 Å². The molecule has 0 aromatic heterocycles. The van der Waals surface area contributed by atoms with Crippen molar-refractivity contribution in [1.82, 2.24) is 9.80 Å². The summed E-state index contributed by atoms with van der Waals surface area (Å²) in [5.74, 6) is 1.14. The summed E-state index contributed by atoms with van der Waals surface area (Å²) in [6.07, 6.45) is 2.16. The number of carbonyl (C=O) groups is 1. The Kier molecular flexibility index (Phi) is 10.8. The van der Waals surface area contributed by atoms with Crippen molar-refractivity contribution in [1.29, 1.82) is 0 Å². The third kappa shape index (κ3) is 8.34. The first kappa shape index (κ1) is 34.0. The van der Waals surface area contributed by atoms with Crippen molar-refractivity contribution in [3.8, 4) is 28.4 Å². The molecule has 8 nitrogen and oxygen atoms in total. The van der Waals surface area contributed by atoms with Gasteiger partial charge in [-0.15, -0.1) is 0 Å². The van der Waals surface area contributed by atoms with E-state index in [2.05, 4.69) is 30.9 Å². The summed E-state index contributed by atoms with van der Waals surface area (Å²) in [6.45, 7) is 14.5. The first-order valence-electron chi connectivity index (χ1n) is 16.2. The molecule has 0 unspecified atom stereocenters. The van der Waals surface area contributed by atoms with E-state index in [0.717, 1.165) is 77.2 Å². The molecule has 2 N–H and O–H groups in total. The van der Waals surface area contributed by atoms with Gasteiger partial charge in [-0.05, 0) is 93.3 Å². The number of aromatic hydroxyl groups is 1. The van der Waals surface area contributed by atoms with Crippen LogP contribution in [-0.2, 0) is 29.1 Å². The van der Waals surface area contributed by atoms with Crippen molar-refractivity contribution in [3.05, 3.63) is 75.3 Å². The Bertz CT molecular complexity index is 1550. The van der Waals surface area contributed by atoms with Crippen molar-refractivity contribution in [3.63, 3.8) is 0 Å². The average Bonchev–Trinajstić information content (AvgIpc) is 3.41. The molecule has 2 aliphatic rings. The smallest absolute Gasteiger partial charge is 0.320 e. The predicted octanol–water partition coefficient (Wildman–Crippen LogP) is 6.44. The Morgan fingerprint density at radius 2 is 1.72 bits per heavy atom. The van der Waals surface area contributed by atoms with Gasteiger partial charge in [0.15, 0.2) is 0 Å². The maximum atomic E-state index is 12.4. The lowest BCUT2D eigenvalue weighted by molar-refractivity contribution is -0.156. The number of ether oxygens (including phenoxy) is 3. The Labute approximate surface area is 277 Å². The second-order valence-corrected chi connectivity index (χ2v) is 13.8. The molecule has 1 fully saturated rings. The highest BCUT2D eigenvalue weighted by molar-refractivity contribution is 6.33. The van der Waals surface area contributed by atoms with E-state index in [1.165, 1.54) is 0 Å². The van der Waals surface area contributed by atoms with Gasteiger partial charge in [-0.2, -0.15) is 0 Å². The van der Waals surface area contributed by atoms with Crippen molar-refractivity contribution < 1.29 is 29.2 Å². The van der Waals surface area contributed by atoms with E-state index in [-0.39, 0.29) is 24.4 Å². The number of hydrogen-bond donors (Lipinski definition) is 2. The minimum atomic E-state index is -0.544. The molecule has 1 saturated heterocycles. The molecular formula is C37H47ClN2O6. The SMILES string of the molecule is Cc1c(COc2cc(O)c3c(c2Cl)CCN(CC(=O)OC(C)(C)C)C3)cccc1-c1cccc(OCCCN2CC[C@@H](O)C2)c1C. The van der Waals surface area contributed by atoms with Gasteiger partial charge in [0.05, 0.1) is 24.3 Å². The van der Waals surface area contributed by atoms with Gasteiger partial charge in [-0.1, -0.05) is 41.9 Å². The van der Waals surface area contributed by atoms with E-state index in [0.29, 0.717) is 43.5 Å². The molecule has 0 saturated carbocycles. The zero-order chi connectivity index (χ0) is 33.0. The number of halogens is 1. The molecule has 3 aromatic rings. The lowest BCUT2D eigenvalue weighted by Gasteiger charge is -2.30. The molecule has 9 heteroatoms. The van der Waals surface area contributed by atoms with Gasteiger partial charge in [0.2, 0.25) is 0 Å². The van der Waals surface area contributed by atoms with Crippen LogP contribution in [-0.4, -0.2) is 77.0 Å². The molecule has 0 radical (unpaired) electrons. The van der Waals surface area contributed by atoms with Crippen LogP contribution in [0.15, 0.2) is 42.5 Å². The molecule has 46 heavy (non-hydrogen) atoms. The lowest BCUT2D eigenvalue weighted by Crippen LogP contribution is -2.38. The quantitative estimate of drug-likeness (QED) is 0.181. The maximum Gasteiger partial charge on any atom is 0.320 e. The van der Waals surface area contributed by atoms with E-state index in [4.69, 9.17) is 25.8 Å². The van der Waals surface area contributed by atoms with E-state index >= 15 is 0 Å². The first-order chi connectivity index (χ1) is 21.9. The number of fused-ring (bicyclic) bond motifs is 1. The van der Waals surface area contributed by atoms with E-state index in [1.807, 2.05) is 49.9 Å². The van der Waals surface area contributed by atoms with Crippen LogP contribution in [0.5, 0.6) is 17.2 Å². The first-order valence-corrected chi connectivity index (χ1v) is 16.6. The summed E-state index contributed by atoms with van der Waals surface area (Å²) in [4.78, 5) is 16.6. The van der Waals surface area contributed by atoms with Gasteiger partial charge in [-0.25, -0.2) is 0 Å². The molecule has 2 heterocycles. The number of benzene rings is 3. The number of hydrogen-bond acceptors (Lipinski definition) is 8. The summed E-state index contributed by atoms with van der Waals surface area (Å²) in [7, 11) is 0. The van der Waals surface area contributed by atoms with Gasteiger partial charge in [-0.3, -0.25) is 9.69 Å². The number of aliphatic hydroxyl groups excluding tert-OH is 1. The normalized spacial score (nSPS) is 17.2. The lowest BCUT2D eigenvalue weighted by atomic mass is 9.93. The number of nitrogens with zero attached hydrogens (tertiary/aromatic N) is 2. The summed E-state index contributed by atoms with van der Waals surface area (Å²) >= 11 is 6.83. The molecule has 0 spiro atoms. The maximum absolute atomic E-state index is 12.4. The zero-order valence-electron chi connectivity index (χ0n) is 27.7. The van der Waals surface area contributed by atoms with Crippen molar-refractivity contribution >= 4 is 17.6 Å². The summed E-state index contributed by atoms with van der Waals surface area (Å²) < 4.78 is 17.9. The molecule has 5 rings (SSSR count). The van der Waals surface area contributed by atoms with Crippen molar-refractivity contribution in [2.45, 2.75) is 78.7 Å². The second-order valence-electron chi connectivity index (χ2n) is 13.5. The summed E-state index contributed by atoms with van der Waals surface area (Å²) in [6, 6.07) is 13.9. The fourth-order valence-electron chi connectivity index (χ4n) is 6.35. The zero-order valence-corrected chi connectivity index (χ0v) is 28.5. The second kappa shape index (κ2) is 14.6. The molecular weight excluding hydrogens is 604 g/mol. The highest BCUT2D eigenvalue weighted by Crippen LogP contribution is 2.40. The van der Waals surface area contributed by atoms with Crippen LogP contribution in [0.2, 0.25) is 5.02 Å². The molecule has 2 aliphatic heterocycles. The van der Waals surface area contributed by atoms with Crippen LogP contribution in [0.1, 0.15) is 61.4 Å². The summed E-state index contributed by atoms with van der Waals surface area (Å²) in [5.41, 5.74) is 6.46. The Hall–Kier alpha value is -3.30. The highest BCUT2D eigenvalue weighted by atomic mass is 35.5. The topological polar surface area (TPSA) is 91.7 Å². The minimum Gasteiger partial charge on any atom is -0.507 e. The van der Waals surface area contributed by atoms with Crippen LogP contribution < -0.4 is 9.47 Å². The number of β-amino-alcohol motifs (C(OH)–C–C–N with tert-alkyl or cyclic N) is 1. The van der Waals surface area contributed by atoms with E-state index in [9.17, 15) is 15.0 Å². The number of phenolic OH excluding ortho intramolecular Hbond substituents is 1. The van der Waals surface area contributed by atoms with Crippen molar-refractivity contribution in [2.75, 3.05) is 39.3 Å². The van der Waals surface area contributed by atoms with Gasteiger partial charge in [0, 0.05) is 44.4 Å². The highest BCUT2D eigenvalue weighted by Gasteiger charge is 2.27. The third-order valence-corrected chi connectivity index (χ3v) is 9.20. The third-order valence-electron chi connectivity index (χ3n) is 8.78. The largest absolute Gasteiger partial charge is 0.507 e. The number of carbonyl (C=O) groups excluding carboxylic acids is 1. The molecule has 248 valence electrons. The number of rotatable bonds is 11. The Morgan fingerprint density at radius 1 is 0.978 bits per heavy atom. The van der Waals surface area contributed by atoms with Gasteiger partial charge in [0.1, 0.15) is 29.5 Å². The fourth-order valence-corrected chi connectivity index (χ4v) is 6.67. The number of phenols is 1. The molecule has 0 aliphatic carbocycles. The Balaban J connectivity index is 1.23. The summed E-state index contributed by atoms with van der Waals surface area (Å²) in [5, 5.41) is 21.2. The number of likely N-dealkylation sites (tertiary alicyclic amines) is 1. The number of aliphatic hydroxyl groups is 1. The molecule has 3 aromatic carbocycles. The standard InChI is InChI=1S/C37H47ClN2O6/c1-24-26(9-6-10-28(24)29-11-7-12-33(25(29)2)44-18-8-15-39-16-13-27(41)20-39)23-45-34-19-32(42)31-21-40(17-14-30(31)36(34)38)22-35(43)46-37(3,4)5/h6-7,9-12,19,27,41-42H,8,13-18,20-23H2,1-5H3/t27-/m1/s1. The van der Waals surface area contributed by atoms with Crippen LogP contribution in [0.4, 0.5) is 0 Å². The fraction of sp³-hybridized carbons (Fsp3) is 0.486. The van der Waals surface area contributed by atoms with Gasteiger partial charge < -0.3 is 29.3 Å². The van der Waals surface area contributed by atoms with Crippen molar-refractivity contribution in [2.24, 2.45) is 0 Å². The van der Waals surface area contributed by atoms with Crippen LogP contribution in [0.3, 0.4) is 0 Å². The molecule has 0 bridgehead atoms. The van der Waals surface area contributed by atoms with Gasteiger partial charge in [0.25, 0.3) is 0 Å². The predicted molar refractivity (Wildman–Crippen MR) is 181 cm³/mol. The molecule has 1 atom stereocenters. The average molecular weight is 651 g/mol. The van der Waals surface area contributed by atoms with E-state index < -0.39 is 5.60 Å². The Morgan fingerprint density at radius 3 is 2.43 bits per heavy atom. The van der Waals surface area contributed by atoms with Crippen LogP contribution in [0, 0.1) is 13.8 Å². The van der Waals surface area contributed by atoms with E-state index in [1.54, 1.807) is 6.07 Å². The number of esters is 1. The monoisotopic (exact) mass is 650 g/mol. The minimum absolute atomic E-state index is 0.110.